The summed E-state index contributed by atoms with van der Waals surface area (Å²) < 4.78 is 27.8. The van der Waals surface area contributed by atoms with E-state index in [1.165, 1.54) is 18.4 Å². The number of fused-ring (bicyclic) bond motifs is 1. The average molecular weight is 468 g/mol. The minimum Gasteiger partial charge on any atom is -0.494 e. The number of methoxy groups -OCH3 is 2. The lowest BCUT2D eigenvalue weighted by molar-refractivity contribution is 0.108. The number of thiophene rings is 1. The van der Waals surface area contributed by atoms with Crippen molar-refractivity contribution in [1.82, 2.24) is 19.5 Å². The Bertz CT molecular complexity index is 1320. The van der Waals surface area contributed by atoms with Gasteiger partial charge in [-0.1, -0.05) is 12.1 Å². The summed E-state index contributed by atoms with van der Waals surface area (Å²) in [6.45, 7) is 1.99. The first-order chi connectivity index (χ1) is 16.0. The summed E-state index contributed by atoms with van der Waals surface area (Å²) in [4.78, 5) is 15.8. The molecule has 33 heavy (non-hydrogen) atoms. The van der Waals surface area contributed by atoms with Crippen LogP contribution in [0.3, 0.4) is 0 Å². The molecule has 0 radical (unpaired) electrons. The van der Waals surface area contributed by atoms with Crippen LogP contribution in [0, 0.1) is 12.7 Å². The third-order valence-corrected chi connectivity index (χ3v) is 7.52. The largest absolute Gasteiger partial charge is 0.494 e. The van der Waals surface area contributed by atoms with Crippen LogP contribution in [0.2, 0.25) is 0 Å². The molecule has 0 bridgehead atoms. The highest BCUT2D eigenvalue weighted by Gasteiger charge is 2.27. The minimum atomic E-state index is -0.375. The van der Waals surface area contributed by atoms with Crippen LogP contribution in [-0.2, 0) is 11.8 Å². The number of nitrogens with one attached hydrogen (secondary N) is 1. The van der Waals surface area contributed by atoms with Crippen LogP contribution in [-0.4, -0.2) is 45.9 Å². The molecule has 172 valence electrons. The summed E-state index contributed by atoms with van der Waals surface area (Å²) >= 11 is 1.46. The van der Waals surface area contributed by atoms with Crippen LogP contribution in [0.15, 0.2) is 30.6 Å². The van der Waals surface area contributed by atoms with Crippen molar-refractivity contribution in [3.8, 4) is 27.8 Å². The number of rotatable bonds is 6. The van der Waals surface area contributed by atoms with Crippen LogP contribution in [0.5, 0.6) is 5.75 Å². The lowest BCUT2D eigenvalue weighted by Crippen LogP contribution is -2.18. The van der Waals surface area contributed by atoms with E-state index >= 15 is 4.39 Å². The molecule has 1 N–H and O–H groups in total. The molecule has 0 saturated heterocycles. The molecule has 2 atom stereocenters. The Morgan fingerprint density at radius 2 is 2.06 bits per heavy atom. The van der Waals surface area contributed by atoms with Gasteiger partial charge in [-0.25, -0.2) is 19.3 Å². The van der Waals surface area contributed by atoms with Gasteiger partial charge in [0.05, 0.1) is 18.6 Å². The molecule has 7 nitrogen and oxygen atoms in total. The van der Waals surface area contributed by atoms with E-state index in [-0.39, 0.29) is 23.7 Å². The normalized spacial score (nSPS) is 18.2. The molecule has 9 heteroatoms. The van der Waals surface area contributed by atoms with E-state index in [1.807, 2.05) is 24.7 Å². The first-order valence-corrected chi connectivity index (χ1v) is 11.7. The summed E-state index contributed by atoms with van der Waals surface area (Å²) in [6, 6.07) is 5.45. The first-order valence-electron chi connectivity index (χ1n) is 10.9. The lowest BCUT2D eigenvalue weighted by Gasteiger charge is -2.16. The van der Waals surface area contributed by atoms with Crippen molar-refractivity contribution in [1.29, 1.82) is 0 Å². The molecule has 3 aromatic heterocycles. The summed E-state index contributed by atoms with van der Waals surface area (Å²) in [7, 11) is 5.15. The zero-order valence-corrected chi connectivity index (χ0v) is 19.9. The molecule has 1 aromatic carbocycles. The van der Waals surface area contributed by atoms with Gasteiger partial charge >= 0.3 is 0 Å². The summed E-state index contributed by atoms with van der Waals surface area (Å²) in [5, 5.41) is 4.55. The molecule has 1 fully saturated rings. The standard InChI is InChI=1S/C24H26FN5O2S/c1-13-18-21(27-14-8-9-15(12-14)31-3)28-22(23-26-10-11-30(23)2)29-24(18)33-20(13)16-6-5-7-17(32-4)19(16)25/h5-7,10-11,14-15H,8-9,12H2,1-4H3,(H,27,28,29)/t14-,15+/m1/s1. The Morgan fingerprint density at radius 3 is 2.76 bits per heavy atom. The smallest absolute Gasteiger partial charge is 0.199 e. The second-order valence-corrected chi connectivity index (χ2v) is 9.33. The molecule has 0 amide bonds. The fourth-order valence-electron chi connectivity index (χ4n) is 4.50. The quantitative estimate of drug-likeness (QED) is 0.420. The van der Waals surface area contributed by atoms with E-state index in [4.69, 9.17) is 19.4 Å². The van der Waals surface area contributed by atoms with Crippen molar-refractivity contribution in [3.05, 3.63) is 42.0 Å². The van der Waals surface area contributed by atoms with E-state index in [0.717, 1.165) is 45.7 Å². The molecule has 0 spiro atoms. The first kappa shape index (κ1) is 21.8. The predicted octanol–water partition coefficient (Wildman–Crippen LogP) is 5.19. The Hall–Kier alpha value is -3.04. The summed E-state index contributed by atoms with van der Waals surface area (Å²) in [5.41, 5.74) is 1.44. The fourth-order valence-corrected chi connectivity index (χ4v) is 5.70. The predicted molar refractivity (Wildman–Crippen MR) is 128 cm³/mol. The second-order valence-electron chi connectivity index (χ2n) is 8.33. The Kier molecular flexibility index (Phi) is 5.76. The topological polar surface area (TPSA) is 74.1 Å². The minimum absolute atomic E-state index is 0.221. The number of anilines is 1. The average Bonchev–Trinajstić information content (AvgIpc) is 3.53. The molecule has 1 aliphatic carbocycles. The summed E-state index contributed by atoms with van der Waals surface area (Å²) in [6.07, 6.45) is 6.78. The molecule has 1 aliphatic rings. The molecule has 0 unspecified atom stereocenters. The number of benzene rings is 1. The number of imidazole rings is 1. The van der Waals surface area contributed by atoms with E-state index in [2.05, 4.69) is 10.3 Å². The number of nitrogens with zero attached hydrogens (tertiary/aromatic N) is 4. The van der Waals surface area contributed by atoms with Crippen LogP contribution in [0.1, 0.15) is 24.8 Å². The molecule has 3 heterocycles. The van der Waals surface area contributed by atoms with E-state index in [1.54, 1.807) is 31.5 Å². The SMILES string of the molecule is COc1cccc(-c2sc3nc(-c4nccn4C)nc(N[C@@H]4CC[C@H](OC)C4)c3c2C)c1F. The van der Waals surface area contributed by atoms with Gasteiger partial charge in [-0.15, -0.1) is 11.3 Å². The Morgan fingerprint density at radius 1 is 1.21 bits per heavy atom. The maximum absolute atomic E-state index is 15.1. The van der Waals surface area contributed by atoms with Crippen LogP contribution in [0.25, 0.3) is 32.3 Å². The van der Waals surface area contributed by atoms with Gasteiger partial charge in [-0.05, 0) is 37.8 Å². The number of hydrogen-bond donors (Lipinski definition) is 1. The van der Waals surface area contributed by atoms with Crippen molar-refractivity contribution < 1.29 is 13.9 Å². The van der Waals surface area contributed by atoms with Gasteiger partial charge in [0.1, 0.15) is 10.6 Å². The van der Waals surface area contributed by atoms with Gasteiger partial charge in [0.2, 0.25) is 0 Å². The van der Waals surface area contributed by atoms with Gasteiger partial charge in [0.15, 0.2) is 23.2 Å². The van der Waals surface area contributed by atoms with Crippen LogP contribution >= 0.6 is 11.3 Å². The monoisotopic (exact) mass is 467 g/mol. The van der Waals surface area contributed by atoms with Gasteiger partial charge < -0.3 is 19.4 Å². The third kappa shape index (κ3) is 3.85. The Balaban J connectivity index is 1.67. The van der Waals surface area contributed by atoms with Crippen molar-refractivity contribution in [2.24, 2.45) is 7.05 Å². The maximum Gasteiger partial charge on any atom is 0.199 e. The Labute approximate surface area is 195 Å². The van der Waals surface area contributed by atoms with Crippen LogP contribution in [0.4, 0.5) is 10.2 Å². The fraction of sp³-hybridized carbons (Fsp3) is 0.375. The van der Waals surface area contributed by atoms with Crippen molar-refractivity contribution in [2.75, 3.05) is 19.5 Å². The van der Waals surface area contributed by atoms with E-state index in [0.29, 0.717) is 17.2 Å². The maximum atomic E-state index is 15.1. The zero-order valence-electron chi connectivity index (χ0n) is 19.1. The van der Waals surface area contributed by atoms with Crippen molar-refractivity contribution >= 4 is 27.4 Å². The van der Waals surface area contributed by atoms with Gasteiger partial charge in [0.25, 0.3) is 0 Å². The number of aromatic nitrogens is 4. The highest BCUT2D eigenvalue weighted by molar-refractivity contribution is 7.22. The number of halogens is 1. The second kappa shape index (κ2) is 8.72. The summed E-state index contributed by atoms with van der Waals surface area (Å²) in [5.74, 6) is 1.82. The van der Waals surface area contributed by atoms with Crippen LogP contribution < -0.4 is 10.1 Å². The highest BCUT2D eigenvalue weighted by Crippen LogP contribution is 2.43. The third-order valence-electron chi connectivity index (χ3n) is 6.30. The molecule has 4 aromatic rings. The number of hydrogen-bond acceptors (Lipinski definition) is 7. The van der Waals surface area contributed by atoms with Gasteiger partial charge in [0, 0.05) is 43.0 Å². The van der Waals surface area contributed by atoms with Gasteiger partial charge in [-0.2, -0.15) is 0 Å². The van der Waals surface area contributed by atoms with E-state index < -0.39 is 0 Å². The number of ether oxygens (including phenoxy) is 2. The zero-order chi connectivity index (χ0) is 23.1. The van der Waals surface area contributed by atoms with Gasteiger partial charge in [-0.3, -0.25) is 0 Å². The molecule has 5 rings (SSSR count). The van der Waals surface area contributed by atoms with Crippen molar-refractivity contribution in [3.63, 3.8) is 0 Å². The molecular formula is C24H26FN5O2S. The highest BCUT2D eigenvalue weighted by atomic mass is 32.1. The lowest BCUT2D eigenvalue weighted by atomic mass is 10.1. The molecule has 1 saturated carbocycles. The molecule has 0 aliphatic heterocycles. The van der Waals surface area contributed by atoms with E-state index in [9.17, 15) is 0 Å². The van der Waals surface area contributed by atoms with Crippen molar-refractivity contribution in [2.45, 2.75) is 38.3 Å². The molecular weight excluding hydrogens is 441 g/mol. The number of aryl methyl sites for hydroxylation is 2.